The van der Waals surface area contributed by atoms with E-state index in [0.717, 1.165) is 13.2 Å². The molecule has 2 heterocycles. The summed E-state index contributed by atoms with van der Waals surface area (Å²) in [6.07, 6.45) is 2.52. The SMILES string of the molecule is CCC(C)(C)N1CC2(CCOC2)C1. The molecular formula is C11H21NO. The summed E-state index contributed by atoms with van der Waals surface area (Å²) in [5.41, 5.74) is 0.945. The Morgan fingerprint density at radius 3 is 2.54 bits per heavy atom. The zero-order valence-electron chi connectivity index (χ0n) is 9.10. The topological polar surface area (TPSA) is 12.5 Å². The Bertz CT molecular complexity index is 186. The van der Waals surface area contributed by atoms with Crippen molar-refractivity contribution in [1.29, 1.82) is 0 Å². The standard InChI is InChI=1S/C11H21NO/c1-4-10(2,3)12-7-11(8-12)5-6-13-9-11/h4-9H2,1-3H3. The Morgan fingerprint density at radius 1 is 1.38 bits per heavy atom. The van der Waals surface area contributed by atoms with Gasteiger partial charge in [0, 0.05) is 30.7 Å². The van der Waals surface area contributed by atoms with E-state index < -0.39 is 0 Å². The molecule has 2 rings (SSSR count). The van der Waals surface area contributed by atoms with Gasteiger partial charge in [-0.25, -0.2) is 0 Å². The van der Waals surface area contributed by atoms with E-state index in [2.05, 4.69) is 25.7 Å². The first kappa shape index (κ1) is 9.47. The Kier molecular flexibility index (Phi) is 2.16. The maximum atomic E-state index is 5.47. The number of hydrogen-bond acceptors (Lipinski definition) is 2. The maximum absolute atomic E-state index is 5.47. The Hall–Kier alpha value is -0.0800. The second-order valence-corrected chi connectivity index (χ2v) is 5.32. The van der Waals surface area contributed by atoms with Crippen molar-refractivity contribution < 1.29 is 4.74 Å². The minimum absolute atomic E-state index is 0.397. The fourth-order valence-corrected chi connectivity index (χ4v) is 2.31. The highest BCUT2D eigenvalue weighted by Gasteiger charge is 2.49. The summed E-state index contributed by atoms with van der Waals surface area (Å²) in [4.78, 5) is 2.60. The zero-order valence-corrected chi connectivity index (χ0v) is 9.10. The summed E-state index contributed by atoms with van der Waals surface area (Å²) in [5, 5.41) is 0. The molecule has 2 heteroatoms. The van der Waals surface area contributed by atoms with Crippen LogP contribution in [-0.2, 0) is 4.74 Å². The number of likely N-dealkylation sites (tertiary alicyclic amines) is 1. The molecule has 76 valence electrons. The lowest BCUT2D eigenvalue weighted by molar-refractivity contribution is -0.0687. The first-order valence-corrected chi connectivity index (χ1v) is 5.41. The Labute approximate surface area is 81.3 Å². The van der Waals surface area contributed by atoms with Crippen molar-refractivity contribution in [3.63, 3.8) is 0 Å². The van der Waals surface area contributed by atoms with Gasteiger partial charge >= 0.3 is 0 Å². The molecule has 0 radical (unpaired) electrons. The third kappa shape index (κ3) is 1.50. The molecule has 0 amide bonds. The van der Waals surface area contributed by atoms with Gasteiger partial charge in [-0.2, -0.15) is 0 Å². The van der Waals surface area contributed by atoms with Crippen LogP contribution < -0.4 is 0 Å². The quantitative estimate of drug-likeness (QED) is 0.648. The monoisotopic (exact) mass is 183 g/mol. The minimum Gasteiger partial charge on any atom is -0.381 e. The van der Waals surface area contributed by atoms with Crippen LogP contribution in [0.15, 0.2) is 0 Å². The summed E-state index contributed by atoms with van der Waals surface area (Å²) >= 11 is 0. The van der Waals surface area contributed by atoms with Gasteiger partial charge in [-0.05, 0) is 26.7 Å². The third-order valence-electron chi connectivity index (χ3n) is 3.96. The molecule has 0 unspecified atom stereocenters. The number of nitrogens with zero attached hydrogens (tertiary/aromatic N) is 1. The number of hydrogen-bond donors (Lipinski definition) is 0. The van der Waals surface area contributed by atoms with Crippen molar-refractivity contribution in [2.24, 2.45) is 5.41 Å². The van der Waals surface area contributed by atoms with Crippen LogP contribution in [0.1, 0.15) is 33.6 Å². The van der Waals surface area contributed by atoms with Gasteiger partial charge in [-0.1, -0.05) is 6.92 Å². The summed E-state index contributed by atoms with van der Waals surface area (Å²) < 4.78 is 5.47. The van der Waals surface area contributed by atoms with Crippen molar-refractivity contribution >= 4 is 0 Å². The van der Waals surface area contributed by atoms with Gasteiger partial charge in [0.25, 0.3) is 0 Å². The second-order valence-electron chi connectivity index (χ2n) is 5.32. The molecule has 2 fully saturated rings. The first-order chi connectivity index (χ1) is 6.08. The fourth-order valence-electron chi connectivity index (χ4n) is 2.31. The van der Waals surface area contributed by atoms with Crippen LogP contribution in [0.3, 0.4) is 0 Å². The molecule has 0 N–H and O–H groups in total. The van der Waals surface area contributed by atoms with Gasteiger partial charge in [-0.15, -0.1) is 0 Å². The molecule has 0 aromatic heterocycles. The molecule has 0 saturated carbocycles. The molecule has 2 aliphatic rings. The van der Waals surface area contributed by atoms with Gasteiger partial charge < -0.3 is 4.74 Å². The van der Waals surface area contributed by atoms with Crippen molar-refractivity contribution in [3.05, 3.63) is 0 Å². The van der Waals surface area contributed by atoms with E-state index in [-0.39, 0.29) is 0 Å². The average molecular weight is 183 g/mol. The van der Waals surface area contributed by atoms with Crippen LogP contribution in [0.4, 0.5) is 0 Å². The molecule has 0 aliphatic carbocycles. The minimum atomic E-state index is 0.397. The zero-order chi connectivity index (χ0) is 9.53. The average Bonchev–Trinajstić information content (AvgIpc) is 2.49. The van der Waals surface area contributed by atoms with Gasteiger partial charge in [0.2, 0.25) is 0 Å². The van der Waals surface area contributed by atoms with Crippen molar-refractivity contribution in [3.8, 4) is 0 Å². The maximum Gasteiger partial charge on any atom is 0.0547 e. The van der Waals surface area contributed by atoms with E-state index in [1.54, 1.807) is 0 Å². The smallest absolute Gasteiger partial charge is 0.0547 e. The van der Waals surface area contributed by atoms with Gasteiger partial charge in [-0.3, -0.25) is 4.90 Å². The number of ether oxygens (including phenoxy) is 1. The van der Waals surface area contributed by atoms with Gasteiger partial charge in [0.15, 0.2) is 0 Å². The van der Waals surface area contributed by atoms with E-state index in [0.29, 0.717) is 11.0 Å². The van der Waals surface area contributed by atoms with E-state index >= 15 is 0 Å². The molecule has 2 saturated heterocycles. The van der Waals surface area contributed by atoms with Crippen molar-refractivity contribution in [2.45, 2.75) is 39.2 Å². The molecule has 0 aromatic rings. The Balaban J connectivity index is 1.90. The molecule has 2 nitrogen and oxygen atoms in total. The number of rotatable bonds is 2. The summed E-state index contributed by atoms with van der Waals surface area (Å²) in [5.74, 6) is 0. The molecule has 2 aliphatic heterocycles. The van der Waals surface area contributed by atoms with Crippen LogP contribution >= 0.6 is 0 Å². The third-order valence-corrected chi connectivity index (χ3v) is 3.96. The largest absolute Gasteiger partial charge is 0.381 e. The molecule has 0 aromatic carbocycles. The van der Waals surface area contributed by atoms with E-state index in [1.165, 1.54) is 25.9 Å². The lowest BCUT2D eigenvalue weighted by Gasteiger charge is -2.54. The highest BCUT2D eigenvalue weighted by molar-refractivity contribution is 5.01. The predicted octanol–water partition coefficient (Wildman–Crippen LogP) is 1.90. The highest BCUT2D eigenvalue weighted by atomic mass is 16.5. The second kappa shape index (κ2) is 2.96. The molecule has 0 bridgehead atoms. The van der Waals surface area contributed by atoms with E-state index in [4.69, 9.17) is 4.74 Å². The first-order valence-electron chi connectivity index (χ1n) is 5.41. The fraction of sp³-hybridized carbons (Fsp3) is 1.00. The lowest BCUT2D eigenvalue weighted by Crippen LogP contribution is -2.63. The van der Waals surface area contributed by atoms with Crippen LogP contribution in [0, 0.1) is 5.41 Å². The highest BCUT2D eigenvalue weighted by Crippen LogP contribution is 2.42. The predicted molar refractivity (Wildman–Crippen MR) is 53.8 cm³/mol. The molecule has 1 spiro atoms. The summed E-state index contributed by atoms with van der Waals surface area (Å²) in [7, 11) is 0. The molecule has 13 heavy (non-hydrogen) atoms. The summed E-state index contributed by atoms with van der Waals surface area (Å²) in [6.45, 7) is 11.5. The van der Waals surface area contributed by atoms with Gasteiger partial charge in [0.05, 0.1) is 6.61 Å². The van der Waals surface area contributed by atoms with Crippen LogP contribution in [0.5, 0.6) is 0 Å². The van der Waals surface area contributed by atoms with Crippen molar-refractivity contribution in [1.82, 2.24) is 4.90 Å². The Morgan fingerprint density at radius 2 is 2.08 bits per heavy atom. The van der Waals surface area contributed by atoms with Crippen molar-refractivity contribution in [2.75, 3.05) is 26.3 Å². The van der Waals surface area contributed by atoms with Crippen LogP contribution in [-0.4, -0.2) is 36.7 Å². The lowest BCUT2D eigenvalue weighted by atomic mass is 9.76. The van der Waals surface area contributed by atoms with Crippen LogP contribution in [0.2, 0.25) is 0 Å². The van der Waals surface area contributed by atoms with E-state index in [9.17, 15) is 0 Å². The molecule has 0 atom stereocenters. The van der Waals surface area contributed by atoms with E-state index in [1.807, 2.05) is 0 Å². The van der Waals surface area contributed by atoms with Gasteiger partial charge in [0.1, 0.15) is 0 Å². The normalized spacial score (nSPS) is 27.9. The van der Waals surface area contributed by atoms with Crippen LogP contribution in [0.25, 0.3) is 0 Å². The molecular weight excluding hydrogens is 162 g/mol. The summed E-state index contributed by atoms with van der Waals surface area (Å²) in [6, 6.07) is 0.